The summed E-state index contributed by atoms with van der Waals surface area (Å²) in [5.74, 6) is -0.683. The number of fused-ring (bicyclic) bond motifs is 1. The number of carbonyl (C=O) groups excluding carboxylic acids is 2. The number of aryl methyl sites for hydroxylation is 1. The van der Waals surface area contributed by atoms with Crippen molar-refractivity contribution in [3.8, 4) is 0 Å². The van der Waals surface area contributed by atoms with E-state index in [4.69, 9.17) is 11.6 Å². The summed E-state index contributed by atoms with van der Waals surface area (Å²) >= 11 is 6.03. The molecule has 0 fully saturated rings. The zero-order valence-corrected chi connectivity index (χ0v) is 15.2. The molecular weight excluding hydrogens is 354 g/mol. The average molecular weight is 372 g/mol. The van der Waals surface area contributed by atoms with E-state index in [0.29, 0.717) is 28.3 Å². The fourth-order valence-corrected chi connectivity index (χ4v) is 2.72. The van der Waals surface area contributed by atoms with Crippen LogP contribution in [0.5, 0.6) is 0 Å². The Hall–Kier alpha value is -2.93. The maximum atomic E-state index is 12.3. The molecule has 1 heterocycles. The van der Waals surface area contributed by atoms with Crippen LogP contribution in [0, 0.1) is 6.92 Å². The lowest BCUT2D eigenvalue weighted by molar-refractivity contribution is -0.115. The van der Waals surface area contributed by atoms with Crippen LogP contribution in [-0.4, -0.2) is 33.4 Å². The third-order valence-corrected chi connectivity index (χ3v) is 4.44. The summed E-state index contributed by atoms with van der Waals surface area (Å²) in [5, 5.41) is 14.0. The van der Waals surface area contributed by atoms with E-state index < -0.39 is 0 Å². The van der Waals surface area contributed by atoms with Crippen molar-refractivity contribution in [2.45, 2.75) is 20.4 Å². The van der Waals surface area contributed by atoms with Gasteiger partial charge in [-0.2, -0.15) is 0 Å². The van der Waals surface area contributed by atoms with Crippen LogP contribution in [0.3, 0.4) is 0 Å². The van der Waals surface area contributed by atoms with E-state index in [-0.39, 0.29) is 18.4 Å². The van der Waals surface area contributed by atoms with Crippen molar-refractivity contribution in [2.24, 2.45) is 0 Å². The predicted octanol–water partition coefficient (Wildman–Crippen LogP) is 2.78. The van der Waals surface area contributed by atoms with Crippen LogP contribution in [0.2, 0.25) is 5.02 Å². The number of aromatic nitrogens is 3. The first-order valence-electron chi connectivity index (χ1n) is 8.16. The Morgan fingerprint density at radius 1 is 1.23 bits per heavy atom. The van der Waals surface area contributed by atoms with Crippen LogP contribution >= 0.6 is 11.6 Å². The van der Waals surface area contributed by atoms with Gasteiger partial charge in [-0.15, -0.1) is 5.10 Å². The lowest BCUT2D eigenvalue weighted by atomic mass is 10.2. The minimum atomic E-state index is -0.351. The van der Waals surface area contributed by atoms with Gasteiger partial charge in [0.05, 0.1) is 12.1 Å². The standard InChI is InChI=1S/C18H18ClN5O2/c1-3-24-16-8-7-12(9-15(16)22-23-24)18(26)20-10-17(25)21-14-6-4-5-13(19)11(14)2/h4-9H,3,10H2,1-2H3,(H,20,26)(H,21,25). The van der Waals surface area contributed by atoms with E-state index in [0.717, 1.165) is 11.1 Å². The second-order valence-corrected chi connectivity index (χ2v) is 6.16. The highest BCUT2D eigenvalue weighted by Gasteiger charge is 2.12. The van der Waals surface area contributed by atoms with E-state index in [1.165, 1.54) is 0 Å². The minimum Gasteiger partial charge on any atom is -0.343 e. The number of nitrogens with zero attached hydrogens (tertiary/aromatic N) is 3. The van der Waals surface area contributed by atoms with Gasteiger partial charge < -0.3 is 10.6 Å². The van der Waals surface area contributed by atoms with Crippen molar-refractivity contribution in [3.63, 3.8) is 0 Å². The van der Waals surface area contributed by atoms with Gasteiger partial charge in [-0.3, -0.25) is 9.59 Å². The van der Waals surface area contributed by atoms with Gasteiger partial charge in [0.2, 0.25) is 5.91 Å². The maximum absolute atomic E-state index is 12.3. The molecule has 0 spiro atoms. The highest BCUT2D eigenvalue weighted by atomic mass is 35.5. The molecule has 1 aromatic heterocycles. The van der Waals surface area contributed by atoms with Crippen molar-refractivity contribution in [1.82, 2.24) is 20.3 Å². The lowest BCUT2D eigenvalue weighted by Gasteiger charge is -2.10. The van der Waals surface area contributed by atoms with E-state index >= 15 is 0 Å². The molecule has 8 heteroatoms. The van der Waals surface area contributed by atoms with Gasteiger partial charge in [0.25, 0.3) is 5.91 Å². The van der Waals surface area contributed by atoms with Gasteiger partial charge in [0.15, 0.2) is 0 Å². The molecule has 0 atom stereocenters. The molecule has 0 aliphatic rings. The van der Waals surface area contributed by atoms with Crippen LogP contribution in [0.4, 0.5) is 5.69 Å². The number of halogens is 1. The normalized spacial score (nSPS) is 10.7. The monoisotopic (exact) mass is 371 g/mol. The largest absolute Gasteiger partial charge is 0.343 e. The first kappa shape index (κ1) is 17.9. The summed E-state index contributed by atoms with van der Waals surface area (Å²) in [6, 6.07) is 10.4. The molecule has 7 nitrogen and oxygen atoms in total. The summed E-state index contributed by atoms with van der Waals surface area (Å²) in [7, 11) is 0. The van der Waals surface area contributed by atoms with E-state index in [1.807, 2.05) is 13.8 Å². The zero-order valence-electron chi connectivity index (χ0n) is 14.4. The number of amides is 2. The van der Waals surface area contributed by atoms with E-state index in [9.17, 15) is 9.59 Å². The molecule has 0 saturated heterocycles. The fourth-order valence-electron chi connectivity index (χ4n) is 2.55. The molecule has 2 N–H and O–H groups in total. The molecule has 26 heavy (non-hydrogen) atoms. The van der Waals surface area contributed by atoms with Gasteiger partial charge in [-0.05, 0) is 49.7 Å². The second-order valence-electron chi connectivity index (χ2n) is 5.75. The molecule has 2 aromatic carbocycles. The number of hydrogen-bond acceptors (Lipinski definition) is 4. The Morgan fingerprint density at radius 3 is 2.81 bits per heavy atom. The summed E-state index contributed by atoms with van der Waals surface area (Å²) < 4.78 is 1.75. The Morgan fingerprint density at radius 2 is 2.04 bits per heavy atom. The van der Waals surface area contributed by atoms with Gasteiger partial charge >= 0.3 is 0 Å². The Balaban J connectivity index is 1.63. The number of nitrogens with one attached hydrogen (secondary N) is 2. The van der Waals surface area contributed by atoms with Crippen LogP contribution in [0.1, 0.15) is 22.8 Å². The molecular formula is C18H18ClN5O2. The summed E-state index contributed by atoms with van der Waals surface area (Å²) in [4.78, 5) is 24.3. The number of rotatable bonds is 5. The average Bonchev–Trinajstić information content (AvgIpc) is 3.05. The summed E-state index contributed by atoms with van der Waals surface area (Å²) in [6.07, 6.45) is 0. The number of anilines is 1. The lowest BCUT2D eigenvalue weighted by Crippen LogP contribution is -2.33. The van der Waals surface area contributed by atoms with Crippen LogP contribution in [0.15, 0.2) is 36.4 Å². The quantitative estimate of drug-likeness (QED) is 0.721. The molecule has 3 rings (SSSR count). The molecule has 3 aromatic rings. The molecule has 0 unspecified atom stereocenters. The fraction of sp³-hybridized carbons (Fsp3) is 0.222. The Labute approximate surface area is 155 Å². The first-order chi connectivity index (χ1) is 12.5. The maximum Gasteiger partial charge on any atom is 0.251 e. The smallest absolute Gasteiger partial charge is 0.251 e. The van der Waals surface area contributed by atoms with Crippen molar-refractivity contribution < 1.29 is 9.59 Å². The second kappa shape index (κ2) is 7.53. The van der Waals surface area contributed by atoms with Crippen molar-refractivity contribution in [3.05, 3.63) is 52.5 Å². The minimum absolute atomic E-state index is 0.148. The molecule has 0 radical (unpaired) electrons. The predicted molar refractivity (Wildman–Crippen MR) is 100 cm³/mol. The van der Waals surface area contributed by atoms with Gasteiger partial charge in [0, 0.05) is 22.8 Å². The Bertz CT molecular complexity index is 983. The third-order valence-electron chi connectivity index (χ3n) is 4.03. The molecule has 0 aliphatic heterocycles. The van der Waals surface area contributed by atoms with Crippen LogP contribution in [0.25, 0.3) is 11.0 Å². The SMILES string of the molecule is CCn1nnc2cc(C(=O)NCC(=O)Nc3cccc(Cl)c3C)ccc21. The highest BCUT2D eigenvalue weighted by Crippen LogP contribution is 2.22. The molecule has 0 bridgehead atoms. The van der Waals surface area contributed by atoms with E-state index in [2.05, 4.69) is 20.9 Å². The van der Waals surface area contributed by atoms with Crippen LogP contribution < -0.4 is 10.6 Å². The third kappa shape index (κ3) is 3.67. The van der Waals surface area contributed by atoms with Crippen molar-refractivity contribution in [2.75, 3.05) is 11.9 Å². The zero-order chi connectivity index (χ0) is 18.7. The topological polar surface area (TPSA) is 88.9 Å². The highest BCUT2D eigenvalue weighted by molar-refractivity contribution is 6.31. The Kier molecular flexibility index (Phi) is 5.18. The summed E-state index contributed by atoms with van der Waals surface area (Å²) in [5.41, 5.74) is 3.32. The van der Waals surface area contributed by atoms with Gasteiger partial charge in [0.1, 0.15) is 5.52 Å². The number of hydrogen-bond donors (Lipinski definition) is 2. The number of benzene rings is 2. The first-order valence-corrected chi connectivity index (χ1v) is 8.53. The van der Waals surface area contributed by atoms with Crippen molar-refractivity contribution >= 4 is 40.1 Å². The number of carbonyl (C=O) groups is 2. The molecule has 0 aliphatic carbocycles. The van der Waals surface area contributed by atoms with Crippen molar-refractivity contribution in [1.29, 1.82) is 0 Å². The molecule has 0 saturated carbocycles. The summed E-state index contributed by atoms with van der Waals surface area (Å²) in [6.45, 7) is 4.33. The van der Waals surface area contributed by atoms with Gasteiger partial charge in [-0.1, -0.05) is 22.9 Å². The van der Waals surface area contributed by atoms with Gasteiger partial charge in [-0.25, -0.2) is 4.68 Å². The molecule has 2 amide bonds. The van der Waals surface area contributed by atoms with E-state index in [1.54, 1.807) is 41.1 Å². The van der Waals surface area contributed by atoms with Crippen LogP contribution in [-0.2, 0) is 11.3 Å². The molecule has 134 valence electrons.